The molecular weight excluding hydrogens is 162 g/mol. The van der Waals surface area contributed by atoms with E-state index in [0.29, 0.717) is 17.3 Å². The average molecular weight is 171 g/mol. The van der Waals surface area contributed by atoms with Crippen molar-refractivity contribution in [1.82, 2.24) is 9.97 Å². The van der Waals surface area contributed by atoms with Gasteiger partial charge in [0.15, 0.2) is 0 Å². The highest BCUT2D eigenvalue weighted by atomic mass is 32.2. The summed E-state index contributed by atoms with van der Waals surface area (Å²) in [5.74, 6) is 0. The fourth-order valence-electron chi connectivity index (χ4n) is 0.697. The van der Waals surface area contributed by atoms with Crippen LogP contribution < -0.4 is 11.4 Å². The van der Waals surface area contributed by atoms with Crippen LogP contribution in [0.25, 0.3) is 0 Å². The Morgan fingerprint density at radius 2 is 2.55 bits per heavy atom. The van der Waals surface area contributed by atoms with Gasteiger partial charge in [-0.2, -0.15) is 4.98 Å². The van der Waals surface area contributed by atoms with Crippen LogP contribution in [0, 0.1) is 0 Å². The molecule has 0 aliphatic heterocycles. The Kier molecular flexibility index (Phi) is 2.67. The molecule has 4 nitrogen and oxygen atoms in total. The summed E-state index contributed by atoms with van der Waals surface area (Å²) in [6.07, 6.45) is 1.86. The maximum atomic E-state index is 10.8. The third kappa shape index (κ3) is 2.06. The van der Waals surface area contributed by atoms with Crippen LogP contribution in [0.15, 0.2) is 15.9 Å². The summed E-state index contributed by atoms with van der Waals surface area (Å²) in [5, 5.41) is 0.703. The van der Waals surface area contributed by atoms with Crippen molar-refractivity contribution in [2.45, 2.75) is 11.6 Å². The Morgan fingerprint density at radius 3 is 3.09 bits per heavy atom. The maximum Gasteiger partial charge on any atom is 0.346 e. The normalized spacial score (nSPS) is 10.0. The lowest BCUT2D eigenvalue weighted by Gasteiger charge is -1.97. The first-order chi connectivity index (χ1) is 5.26. The van der Waals surface area contributed by atoms with Crippen LogP contribution in [0.5, 0.6) is 0 Å². The molecule has 11 heavy (non-hydrogen) atoms. The van der Waals surface area contributed by atoms with Gasteiger partial charge >= 0.3 is 5.69 Å². The minimum atomic E-state index is -0.336. The fraction of sp³-hybridized carbons (Fsp3) is 0.333. The number of nitrogens with two attached hydrogens (primary N) is 1. The number of hydrogen-bond donors (Lipinski definition) is 2. The molecule has 0 saturated carbocycles. The molecule has 0 atom stereocenters. The summed E-state index contributed by atoms with van der Waals surface area (Å²) in [6.45, 7) is 0.339. The Balaban J connectivity index is 3.12. The number of H-pyrrole nitrogens is 1. The molecule has 0 aromatic carbocycles. The Bertz CT molecular complexity index is 271. The van der Waals surface area contributed by atoms with Crippen LogP contribution in [-0.4, -0.2) is 16.2 Å². The molecule has 0 spiro atoms. The smallest absolute Gasteiger partial charge is 0.325 e. The van der Waals surface area contributed by atoms with E-state index in [-0.39, 0.29) is 5.69 Å². The van der Waals surface area contributed by atoms with E-state index >= 15 is 0 Å². The van der Waals surface area contributed by atoms with E-state index in [1.165, 1.54) is 11.8 Å². The summed E-state index contributed by atoms with van der Waals surface area (Å²) in [7, 11) is 0. The van der Waals surface area contributed by atoms with Crippen molar-refractivity contribution in [3.63, 3.8) is 0 Å². The zero-order valence-corrected chi connectivity index (χ0v) is 6.94. The number of aromatic nitrogens is 2. The minimum absolute atomic E-state index is 0.336. The molecule has 60 valence electrons. The van der Waals surface area contributed by atoms with Crippen molar-refractivity contribution in [1.29, 1.82) is 0 Å². The standard InChI is InChI=1S/C6H9N3OS/c1-11-5-2-4(3-7)8-6(10)9-5/h2H,3,7H2,1H3,(H,8,9,10). The Labute approximate surface area is 68.2 Å². The quantitative estimate of drug-likeness (QED) is 0.483. The summed E-state index contributed by atoms with van der Waals surface area (Å²) in [4.78, 5) is 17.0. The van der Waals surface area contributed by atoms with Gasteiger partial charge in [-0.1, -0.05) is 0 Å². The van der Waals surface area contributed by atoms with Gasteiger partial charge in [-0.05, 0) is 12.3 Å². The number of thioether (sulfide) groups is 1. The minimum Gasteiger partial charge on any atom is -0.325 e. The van der Waals surface area contributed by atoms with E-state index in [1.54, 1.807) is 6.07 Å². The molecule has 1 rings (SSSR count). The number of hydrogen-bond acceptors (Lipinski definition) is 4. The Hall–Kier alpha value is -0.810. The van der Waals surface area contributed by atoms with E-state index in [9.17, 15) is 4.79 Å². The van der Waals surface area contributed by atoms with Gasteiger partial charge in [0.05, 0.1) is 0 Å². The van der Waals surface area contributed by atoms with E-state index in [0.717, 1.165) is 0 Å². The van der Waals surface area contributed by atoms with Gasteiger partial charge in [-0.3, -0.25) is 0 Å². The van der Waals surface area contributed by atoms with Gasteiger partial charge in [-0.15, -0.1) is 11.8 Å². The van der Waals surface area contributed by atoms with Crippen molar-refractivity contribution >= 4 is 11.8 Å². The van der Waals surface area contributed by atoms with E-state index < -0.39 is 0 Å². The highest BCUT2D eigenvalue weighted by Gasteiger charge is 1.96. The summed E-state index contributed by atoms with van der Waals surface area (Å²) in [5.41, 5.74) is 5.72. The molecule has 1 aromatic rings. The van der Waals surface area contributed by atoms with Gasteiger partial charge in [0.2, 0.25) is 0 Å². The highest BCUT2D eigenvalue weighted by molar-refractivity contribution is 7.98. The molecule has 0 unspecified atom stereocenters. The second kappa shape index (κ2) is 3.54. The van der Waals surface area contributed by atoms with E-state index in [2.05, 4.69) is 9.97 Å². The zero-order chi connectivity index (χ0) is 8.27. The van der Waals surface area contributed by atoms with Crippen LogP contribution >= 0.6 is 11.8 Å². The van der Waals surface area contributed by atoms with Crippen molar-refractivity contribution in [3.05, 3.63) is 22.2 Å². The van der Waals surface area contributed by atoms with Gasteiger partial charge in [0.25, 0.3) is 0 Å². The van der Waals surface area contributed by atoms with E-state index in [4.69, 9.17) is 5.73 Å². The van der Waals surface area contributed by atoms with Crippen molar-refractivity contribution < 1.29 is 0 Å². The van der Waals surface area contributed by atoms with Gasteiger partial charge < -0.3 is 10.7 Å². The third-order valence-corrected chi connectivity index (χ3v) is 1.83. The van der Waals surface area contributed by atoms with Crippen LogP contribution in [-0.2, 0) is 6.54 Å². The first kappa shape index (κ1) is 8.29. The molecule has 0 radical (unpaired) electrons. The van der Waals surface area contributed by atoms with Gasteiger partial charge in [0, 0.05) is 12.2 Å². The lowest BCUT2D eigenvalue weighted by molar-refractivity contribution is 0.886. The molecule has 0 amide bonds. The molecule has 1 aromatic heterocycles. The molecule has 3 N–H and O–H groups in total. The molecule has 0 saturated heterocycles. The first-order valence-electron chi connectivity index (χ1n) is 3.10. The monoisotopic (exact) mass is 171 g/mol. The van der Waals surface area contributed by atoms with Crippen molar-refractivity contribution in [2.75, 3.05) is 6.26 Å². The SMILES string of the molecule is CSc1cc(CN)[nH]c(=O)n1. The Morgan fingerprint density at radius 1 is 1.82 bits per heavy atom. The lowest BCUT2D eigenvalue weighted by Crippen LogP contribution is -2.15. The van der Waals surface area contributed by atoms with Crippen LogP contribution in [0.4, 0.5) is 0 Å². The number of nitrogens with zero attached hydrogens (tertiary/aromatic N) is 1. The average Bonchev–Trinajstić information content (AvgIpc) is 2.03. The predicted octanol–water partition coefficient (Wildman–Crippen LogP) is -0.0495. The van der Waals surface area contributed by atoms with Crippen molar-refractivity contribution in [2.24, 2.45) is 5.73 Å². The second-order valence-electron chi connectivity index (χ2n) is 1.96. The predicted molar refractivity (Wildman–Crippen MR) is 44.5 cm³/mol. The zero-order valence-electron chi connectivity index (χ0n) is 6.13. The summed E-state index contributed by atoms with van der Waals surface area (Å²) < 4.78 is 0. The topological polar surface area (TPSA) is 71.8 Å². The maximum absolute atomic E-state index is 10.8. The van der Waals surface area contributed by atoms with Gasteiger partial charge in [-0.25, -0.2) is 4.79 Å². The molecule has 1 heterocycles. The van der Waals surface area contributed by atoms with Gasteiger partial charge in [0.1, 0.15) is 5.03 Å². The molecule has 0 fully saturated rings. The van der Waals surface area contributed by atoms with Crippen LogP contribution in [0.2, 0.25) is 0 Å². The summed E-state index contributed by atoms with van der Waals surface area (Å²) >= 11 is 1.43. The number of aromatic amines is 1. The lowest BCUT2D eigenvalue weighted by atomic mass is 10.4. The number of nitrogens with one attached hydrogen (secondary N) is 1. The molecule has 0 aliphatic carbocycles. The largest absolute Gasteiger partial charge is 0.346 e. The highest BCUT2D eigenvalue weighted by Crippen LogP contribution is 2.08. The molecule has 0 bridgehead atoms. The van der Waals surface area contributed by atoms with Crippen LogP contribution in [0.1, 0.15) is 5.69 Å². The number of rotatable bonds is 2. The fourth-order valence-corrected chi connectivity index (χ4v) is 1.13. The molecule has 5 heteroatoms. The van der Waals surface area contributed by atoms with E-state index in [1.807, 2.05) is 6.26 Å². The summed E-state index contributed by atoms with van der Waals surface area (Å²) in [6, 6.07) is 1.77. The molecule has 0 aliphatic rings. The second-order valence-corrected chi connectivity index (χ2v) is 2.78. The molecular formula is C6H9N3OS. The third-order valence-electron chi connectivity index (χ3n) is 1.21. The van der Waals surface area contributed by atoms with Crippen LogP contribution in [0.3, 0.4) is 0 Å². The first-order valence-corrected chi connectivity index (χ1v) is 4.33. The van der Waals surface area contributed by atoms with Crippen molar-refractivity contribution in [3.8, 4) is 0 Å².